The molecule has 1 aromatic carbocycles. The lowest BCUT2D eigenvalue weighted by atomic mass is 10.1. The molecule has 19 heavy (non-hydrogen) atoms. The minimum Gasteiger partial charge on any atom is -0.397 e. The first-order valence-electron chi connectivity index (χ1n) is 6.67. The third kappa shape index (κ3) is 3.17. The number of hydrogen-bond donors (Lipinski definition) is 3. The predicted molar refractivity (Wildman–Crippen MR) is 76.3 cm³/mol. The molecule has 0 radical (unpaired) electrons. The van der Waals surface area contributed by atoms with Crippen LogP contribution < -0.4 is 16.4 Å². The quantitative estimate of drug-likeness (QED) is 0.721. The summed E-state index contributed by atoms with van der Waals surface area (Å²) in [6.07, 6.45) is 1.15. The van der Waals surface area contributed by atoms with Gasteiger partial charge in [-0.3, -0.25) is 4.79 Å². The zero-order valence-corrected chi connectivity index (χ0v) is 11.4. The molecule has 5 heteroatoms. The van der Waals surface area contributed by atoms with Crippen LogP contribution in [0.5, 0.6) is 0 Å². The Balaban J connectivity index is 2.08. The van der Waals surface area contributed by atoms with Gasteiger partial charge in [-0.15, -0.1) is 0 Å². The molecule has 0 aliphatic carbocycles. The van der Waals surface area contributed by atoms with E-state index in [1.165, 1.54) is 0 Å². The molecule has 0 saturated carbocycles. The number of nitrogens with two attached hydrogens (primary N) is 1. The van der Waals surface area contributed by atoms with E-state index in [2.05, 4.69) is 10.6 Å². The summed E-state index contributed by atoms with van der Waals surface area (Å²) in [5.41, 5.74) is 8.02. The molecule has 2 rings (SSSR count). The first-order valence-corrected chi connectivity index (χ1v) is 6.67. The Kier molecular flexibility index (Phi) is 4.27. The van der Waals surface area contributed by atoms with E-state index in [-0.39, 0.29) is 18.1 Å². The maximum absolute atomic E-state index is 11.7. The van der Waals surface area contributed by atoms with Crippen LogP contribution >= 0.6 is 0 Å². The van der Waals surface area contributed by atoms with Crippen LogP contribution in [-0.2, 0) is 4.74 Å². The molecule has 1 aliphatic rings. The van der Waals surface area contributed by atoms with Crippen LogP contribution in [0.1, 0.15) is 30.6 Å². The zero-order chi connectivity index (χ0) is 13.8. The highest BCUT2D eigenvalue weighted by atomic mass is 16.5. The number of carbonyl (C=O) groups excluding carboxylic acids is 1. The lowest BCUT2D eigenvalue weighted by Gasteiger charge is -2.19. The first kappa shape index (κ1) is 13.7. The van der Waals surface area contributed by atoms with Crippen LogP contribution in [-0.4, -0.2) is 31.2 Å². The second-order valence-electron chi connectivity index (χ2n) is 4.78. The molecule has 0 spiro atoms. The van der Waals surface area contributed by atoms with Crippen LogP contribution in [0.15, 0.2) is 18.2 Å². The molecular weight excluding hydrogens is 242 g/mol. The summed E-state index contributed by atoms with van der Waals surface area (Å²) in [6, 6.07) is 5.61. The zero-order valence-electron chi connectivity index (χ0n) is 11.4. The number of benzene rings is 1. The molecule has 104 valence electrons. The Morgan fingerprint density at radius 2 is 2.32 bits per heavy atom. The van der Waals surface area contributed by atoms with E-state index in [4.69, 9.17) is 10.5 Å². The summed E-state index contributed by atoms with van der Waals surface area (Å²) in [5, 5.41) is 6.13. The van der Waals surface area contributed by atoms with Gasteiger partial charge >= 0.3 is 0 Å². The van der Waals surface area contributed by atoms with Gasteiger partial charge in [0, 0.05) is 18.7 Å². The second-order valence-corrected chi connectivity index (χ2v) is 4.78. The molecule has 1 fully saturated rings. The third-order valence-electron chi connectivity index (χ3n) is 3.37. The van der Waals surface area contributed by atoms with Crippen molar-refractivity contribution in [2.45, 2.75) is 32.4 Å². The van der Waals surface area contributed by atoms with Gasteiger partial charge in [-0.2, -0.15) is 0 Å². The monoisotopic (exact) mass is 263 g/mol. The van der Waals surface area contributed by atoms with Crippen LogP contribution in [0, 0.1) is 0 Å². The van der Waals surface area contributed by atoms with Crippen molar-refractivity contribution in [2.75, 3.05) is 24.2 Å². The van der Waals surface area contributed by atoms with Crippen molar-refractivity contribution < 1.29 is 9.53 Å². The Morgan fingerprint density at radius 3 is 2.89 bits per heavy atom. The minimum absolute atomic E-state index is 0.0988. The molecule has 4 N–H and O–H groups in total. The van der Waals surface area contributed by atoms with E-state index in [1.807, 2.05) is 19.9 Å². The molecule has 1 amide bonds. The third-order valence-corrected chi connectivity index (χ3v) is 3.37. The van der Waals surface area contributed by atoms with Gasteiger partial charge in [0.25, 0.3) is 5.91 Å². The Bertz CT molecular complexity index is 462. The summed E-state index contributed by atoms with van der Waals surface area (Å²) in [6.45, 7) is 5.31. The van der Waals surface area contributed by atoms with Gasteiger partial charge < -0.3 is 21.1 Å². The van der Waals surface area contributed by atoms with Gasteiger partial charge in [-0.25, -0.2) is 0 Å². The van der Waals surface area contributed by atoms with Crippen molar-refractivity contribution in [3.05, 3.63) is 23.8 Å². The van der Waals surface area contributed by atoms with E-state index >= 15 is 0 Å². The molecule has 1 aromatic rings. The van der Waals surface area contributed by atoms with E-state index in [9.17, 15) is 4.79 Å². The molecule has 0 bridgehead atoms. The highest BCUT2D eigenvalue weighted by Gasteiger charge is 2.24. The number of nitrogen functional groups attached to an aromatic ring is 1. The standard InChI is InChI=1S/C14H21N3O2/c1-3-16-14(18)10-4-5-13(11(15)8-10)17-12-6-7-19-9(12)2/h4-5,8-9,12,17H,3,6-7,15H2,1-2H3,(H,16,18). The highest BCUT2D eigenvalue weighted by Crippen LogP contribution is 2.24. The molecule has 1 saturated heterocycles. The number of rotatable bonds is 4. The number of anilines is 2. The van der Waals surface area contributed by atoms with E-state index < -0.39 is 0 Å². The molecule has 1 heterocycles. The molecular formula is C14H21N3O2. The molecule has 5 nitrogen and oxygen atoms in total. The number of amides is 1. The van der Waals surface area contributed by atoms with E-state index in [0.717, 1.165) is 18.7 Å². The van der Waals surface area contributed by atoms with Gasteiger partial charge in [0.05, 0.1) is 23.5 Å². The fourth-order valence-electron chi connectivity index (χ4n) is 2.22. The van der Waals surface area contributed by atoms with Gasteiger partial charge in [0.15, 0.2) is 0 Å². The number of nitrogens with one attached hydrogen (secondary N) is 2. The minimum atomic E-state index is -0.0988. The molecule has 1 aliphatic heterocycles. The van der Waals surface area contributed by atoms with Crippen molar-refractivity contribution >= 4 is 17.3 Å². The predicted octanol–water partition coefficient (Wildman–Crippen LogP) is 1.61. The Hall–Kier alpha value is -1.75. The second kappa shape index (κ2) is 5.93. The maximum atomic E-state index is 11.7. The summed E-state index contributed by atoms with van der Waals surface area (Å²) >= 11 is 0. The van der Waals surface area contributed by atoms with Crippen LogP contribution in [0.2, 0.25) is 0 Å². The van der Waals surface area contributed by atoms with Crippen molar-refractivity contribution in [1.29, 1.82) is 0 Å². The van der Waals surface area contributed by atoms with E-state index in [1.54, 1.807) is 12.1 Å². The maximum Gasteiger partial charge on any atom is 0.251 e. The number of hydrogen-bond acceptors (Lipinski definition) is 4. The summed E-state index contributed by atoms with van der Waals surface area (Å²) in [5.74, 6) is -0.0988. The summed E-state index contributed by atoms with van der Waals surface area (Å²) in [7, 11) is 0. The first-order chi connectivity index (χ1) is 9.11. The topological polar surface area (TPSA) is 76.4 Å². The van der Waals surface area contributed by atoms with Gasteiger partial charge in [0.2, 0.25) is 0 Å². The van der Waals surface area contributed by atoms with Crippen molar-refractivity contribution in [3.8, 4) is 0 Å². The van der Waals surface area contributed by atoms with E-state index in [0.29, 0.717) is 17.8 Å². The fraction of sp³-hybridized carbons (Fsp3) is 0.500. The van der Waals surface area contributed by atoms with Crippen molar-refractivity contribution in [1.82, 2.24) is 5.32 Å². The Morgan fingerprint density at radius 1 is 1.53 bits per heavy atom. The highest BCUT2D eigenvalue weighted by molar-refractivity contribution is 5.96. The molecule has 2 unspecified atom stereocenters. The summed E-state index contributed by atoms with van der Waals surface area (Å²) in [4.78, 5) is 11.7. The normalized spacial score (nSPS) is 22.2. The molecule has 0 aromatic heterocycles. The van der Waals surface area contributed by atoms with Crippen LogP contribution in [0.4, 0.5) is 11.4 Å². The smallest absolute Gasteiger partial charge is 0.251 e. The largest absolute Gasteiger partial charge is 0.397 e. The number of carbonyl (C=O) groups is 1. The number of ether oxygens (including phenoxy) is 1. The summed E-state index contributed by atoms with van der Waals surface area (Å²) < 4.78 is 5.50. The molecule has 2 atom stereocenters. The SMILES string of the molecule is CCNC(=O)c1ccc(NC2CCOC2C)c(N)c1. The average Bonchev–Trinajstić information content (AvgIpc) is 2.78. The lowest BCUT2D eigenvalue weighted by Crippen LogP contribution is -2.27. The van der Waals surface area contributed by atoms with Crippen LogP contribution in [0.25, 0.3) is 0 Å². The van der Waals surface area contributed by atoms with Gasteiger partial charge in [-0.1, -0.05) is 0 Å². The van der Waals surface area contributed by atoms with Crippen molar-refractivity contribution in [2.24, 2.45) is 0 Å². The van der Waals surface area contributed by atoms with Crippen LogP contribution in [0.3, 0.4) is 0 Å². The Labute approximate surface area is 113 Å². The van der Waals surface area contributed by atoms with Gasteiger partial charge in [0.1, 0.15) is 0 Å². The fourth-order valence-corrected chi connectivity index (χ4v) is 2.22. The lowest BCUT2D eigenvalue weighted by molar-refractivity contribution is 0.0956. The van der Waals surface area contributed by atoms with Gasteiger partial charge in [-0.05, 0) is 38.5 Å². The average molecular weight is 263 g/mol. The van der Waals surface area contributed by atoms with Crippen molar-refractivity contribution in [3.63, 3.8) is 0 Å².